The third-order valence-corrected chi connectivity index (χ3v) is 4.24. The van der Waals surface area contributed by atoms with Crippen molar-refractivity contribution in [3.8, 4) is 16.9 Å². The van der Waals surface area contributed by atoms with Gasteiger partial charge >= 0.3 is 6.18 Å². The molecule has 1 aromatic carbocycles. The molecule has 3 rings (SSSR count). The average molecular weight is 406 g/mol. The third kappa shape index (κ3) is 4.31. The number of hydrogen-bond donors (Lipinski definition) is 2. The van der Waals surface area contributed by atoms with E-state index in [0.29, 0.717) is 5.75 Å². The summed E-state index contributed by atoms with van der Waals surface area (Å²) < 4.78 is 47.4. The normalized spacial score (nSPS) is 11.5. The smallest absolute Gasteiger partial charge is 0.431 e. The Balaban J connectivity index is 1.92. The van der Waals surface area contributed by atoms with Crippen LogP contribution in [0.2, 0.25) is 0 Å². The fraction of sp³-hybridized carbons (Fsp3) is 0.211. The number of aromatic amines is 1. The van der Waals surface area contributed by atoms with Crippen molar-refractivity contribution >= 4 is 5.91 Å². The molecule has 1 amide bonds. The Hall–Kier alpha value is -3.56. The number of aryl methyl sites for hydroxylation is 2. The predicted octanol–water partition coefficient (Wildman–Crippen LogP) is 2.78. The van der Waals surface area contributed by atoms with Gasteiger partial charge < -0.3 is 15.5 Å². The van der Waals surface area contributed by atoms with Crippen LogP contribution in [0.3, 0.4) is 0 Å². The van der Waals surface area contributed by atoms with E-state index in [0.717, 1.165) is 17.5 Å². The van der Waals surface area contributed by atoms with Gasteiger partial charge in [0.25, 0.3) is 11.5 Å². The SMILES string of the molecule is Cc1cc(COc2ccc(-c3cc(C(N)=O)c(=O)[nH]c3C(F)(F)F)cc2)n(C)n1. The number of pyridine rings is 1. The number of hydrogen-bond acceptors (Lipinski definition) is 4. The molecule has 0 atom stereocenters. The first kappa shape index (κ1) is 20.2. The van der Waals surface area contributed by atoms with E-state index >= 15 is 0 Å². The summed E-state index contributed by atoms with van der Waals surface area (Å²) in [7, 11) is 1.78. The van der Waals surface area contributed by atoms with Crippen LogP contribution in [0.4, 0.5) is 13.2 Å². The molecule has 0 unspecified atom stereocenters. The Morgan fingerprint density at radius 2 is 1.90 bits per heavy atom. The summed E-state index contributed by atoms with van der Waals surface area (Å²) >= 11 is 0. The summed E-state index contributed by atoms with van der Waals surface area (Å²) in [6.45, 7) is 2.08. The molecule has 152 valence electrons. The molecule has 0 aliphatic heterocycles. The lowest BCUT2D eigenvalue weighted by molar-refractivity contribution is -0.140. The zero-order valence-electron chi connectivity index (χ0n) is 15.5. The highest BCUT2D eigenvalue weighted by Crippen LogP contribution is 2.35. The summed E-state index contributed by atoms with van der Waals surface area (Å²) in [5.41, 5.74) is 3.52. The van der Waals surface area contributed by atoms with E-state index in [-0.39, 0.29) is 17.7 Å². The molecule has 7 nitrogen and oxygen atoms in total. The van der Waals surface area contributed by atoms with Gasteiger partial charge in [0.2, 0.25) is 0 Å². The van der Waals surface area contributed by atoms with E-state index < -0.39 is 28.9 Å². The number of nitrogens with two attached hydrogens (primary N) is 1. The molecule has 0 bridgehead atoms. The van der Waals surface area contributed by atoms with Gasteiger partial charge in [-0.25, -0.2) is 0 Å². The number of aromatic nitrogens is 3. The van der Waals surface area contributed by atoms with Gasteiger partial charge in [0.15, 0.2) is 0 Å². The van der Waals surface area contributed by atoms with Crippen molar-refractivity contribution in [2.45, 2.75) is 19.7 Å². The van der Waals surface area contributed by atoms with Crippen molar-refractivity contribution in [1.82, 2.24) is 14.8 Å². The minimum atomic E-state index is -4.82. The van der Waals surface area contributed by atoms with Crippen molar-refractivity contribution in [3.63, 3.8) is 0 Å². The minimum absolute atomic E-state index is 0.139. The summed E-state index contributed by atoms with van der Waals surface area (Å²) in [5.74, 6) is -0.687. The van der Waals surface area contributed by atoms with Gasteiger partial charge in [-0.15, -0.1) is 0 Å². The van der Waals surface area contributed by atoms with Crippen molar-refractivity contribution in [1.29, 1.82) is 0 Å². The number of ether oxygens (including phenoxy) is 1. The van der Waals surface area contributed by atoms with Crippen LogP contribution in [-0.2, 0) is 19.8 Å². The molecule has 0 saturated carbocycles. The third-order valence-electron chi connectivity index (χ3n) is 4.24. The monoisotopic (exact) mass is 406 g/mol. The second-order valence-electron chi connectivity index (χ2n) is 6.38. The van der Waals surface area contributed by atoms with Gasteiger partial charge in [0.05, 0.1) is 11.4 Å². The van der Waals surface area contributed by atoms with Gasteiger partial charge in [-0.2, -0.15) is 18.3 Å². The van der Waals surface area contributed by atoms with Crippen molar-refractivity contribution < 1.29 is 22.7 Å². The first-order valence-electron chi connectivity index (χ1n) is 8.43. The van der Waals surface area contributed by atoms with Crippen LogP contribution in [0, 0.1) is 6.92 Å². The highest BCUT2D eigenvalue weighted by atomic mass is 19.4. The lowest BCUT2D eigenvalue weighted by Gasteiger charge is -2.14. The van der Waals surface area contributed by atoms with Crippen molar-refractivity contribution in [2.75, 3.05) is 0 Å². The fourth-order valence-corrected chi connectivity index (χ4v) is 2.85. The topological polar surface area (TPSA) is 103 Å². The zero-order chi connectivity index (χ0) is 21.3. The Morgan fingerprint density at radius 1 is 1.24 bits per heavy atom. The van der Waals surface area contributed by atoms with Crippen LogP contribution in [0.5, 0.6) is 5.75 Å². The van der Waals surface area contributed by atoms with Gasteiger partial charge in [-0.3, -0.25) is 14.3 Å². The zero-order valence-corrected chi connectivity index (χ0v) is 15.5. The number of H-pyrrole nitrogens is 1. The maximum Gasteiger partial charge on any atom is 0.431 e. The fourth-order valence-electron chi connectivity index (χ4n) is 2.85. The Bertz CT molecular complexity index is 1120. The molecule has 10 heteroatoms. The van der Waals surface area contributed by atoms with Crippen LogP contribution in [0.1, 0.15) is 27.4 Å². The summed E-state index contributed by atoms with van der Waals surface area (Å²) in [5, 5.41) is 4.20. The largest absolute Gasteiger partial charge is 0.487 e. The molecule has 3 N–H and O–H groups in total. The van der Waals surface area contributed by atoms with Crippen LogP contribution < -0.4 is 16.0 Å². The number of carbonyl (C=O) groups excluding carboxylic acids is 1. The average Bonchev–Trinajstić information content (AvgIpc) is 2.96. The predicted molar refractivity (Wildman–Crippen MR) is 98.3 cm³/mol. The second kappa shape index (κ2) is 7.46. The number of amides is 1. The molecule has 29 heavy (non-hydrogen) atoms. The first-order valence-corrected chi connectivity index (χ1v) is 8.43. The summed E-state index contributed by atoms with van der Waals surface area (Å²) in [4.78, 5) is 24.8. The molecule has 0 aliphatic rings. The van der Waals surface area contributed by atoms with Gasteiger partial charge in [0, 0.05) is 12.6 Å². The summed E-state index contributed by atoms with van der Waals surface area (Å²) in [6, 6.07) is 8.49. The molecular weight excluding hydrogens is 389 g/mol. The first-order chi connectivity index (χ1) is 13.6. The number of primary amides is 1. The molecule has 2 heterocycles. The molecule has 2 aromatic heterocycles. The van der Waals surface area contributed by atoms with E-state index in [1.54, 1.807) is 16.7 Å². The van der Waals surface area contributed by atoms with Crippen LogP contribution in [0.25, 0.3) is 11.1 Å². The van der Waals surface area contributed by atoms with Crippen molar-refractivity contribution in [2.24, 2.45) is 12.8 Å². The van der Waals surface area contributed by atoms with Gasteiger partial charge in [-0.1, -0.05) is 12.1 Å². The molecule has 3 aromatic rings. The number of nitrogens with zero attached hydrogens (tertiary/aromatic N) is 2. The Kier molecular flexibility index (Phi) is 5.19. The number of halogens is 3. The molecule has 0 aliphatic carbocycles. The van der Waals surface area contributed by atoms with Gasteiger partial charge in [0.1, 0.15) is 23.6 Å². The lowest BCUT2D eigenvalue weighted by Crippen LogP contribution is -2.27. The number of nitrogens with one attached hydrogen (secondary N) is 1. The summed E-state index contributed by atoms with van der Waals surface area (Å²) in [6.07, 6.45) is -4.82. The van der Waals surface area contributed by atoms with Crippen molar-refractivity contribution in [3.05, 3.63) is 69.4 Å². The standard InChI is InChI=1S/C19H17F3N4O3/c1-10-7-12(26(2)25-10)9-29-13-5-3-11(4-6-13)14-8-15(17(23)27)18(28)24-16(14)19(20,21)22/h3-8H,9H2,1-2H3,(H2,23,27)(H,24,28). The highest BCUT2D eigenvalue weighted by Gasteiger charge is 2.36. The van der Waals surface area contributed by atoms with E-state index in [9.17, 15) is 22.8 Å². The second-order valence-corrected chi connectivity index (χ2v) is 6.38. The van der Waals surface area contributed by atoms with Gasteiger partial charge in [-0.05, 0) is 36.8 Å². The van der Waals surface area contributed by atoms with Crippen LogP contribution in [0.15, 0.2) is 41.2 Å². The van der Waals surface area contributed by atoms with Crippen LogP contribution >= 0.6 is 0 Å². The molecule has 0 saturated heterocycles. The van der Waals surface area contributed by atoms with E-state index in [1.165, 1.54) is 24.3 Å². The Morgan fingerprint density at radius 3 is 2.41 bits per heavy atom. The Labute approximate surface area is 162 Å². The molecule has 0 fully saturated rings. The molecule has 0 radical (unpaired) electrons. The number of benzene rings is 1. The van der Waals surface area contributed by atoms with E-state index in [1.807, 2.05) is 13.0 Å². The molecule has 0 spiro atoms. The maximum atomic E-state index is 13.4. The van der Waals surface area contributed by atoms with E-state index in [4.69, 9.17) is 10.5 Å². The number of alkyl halides is 3. The minimum Gasteiger partial charge on any atom is -0.487 e. The molecular formula is C19H17F3N4O3. The number of carbonyl (C=O) groups is 1. The lowest BCUT2D eigenvalue weighted by atomic mass is 10.0. The maximum absolute atomic E-state index is 13.4. The highest BCUT2D eigenvalue weighted by molar-refractivity contribution is 5.94. The van der Waals surface area contributed by atoms with E-state index in [2.05, 4.69) is 5.10 Å². The number of rotatable bonds is 5. The van der Waals surface area contributed by atoms with Crippen LogP contribution in [-0.4, -0.2) is 20.7 Å². The quantitative estimate of drug-likeness (QED) is 0.680.